The zero-order valence-electron chi connectivity index (χ0n) is 17.1. The van der Waals surface area contributed by atoms with Crippen LogP contribution in [0.15, 0.2) is 42.1 Å². The molecule has 9 heteroatoms. The molecular weight excluding hydrogens is 402 g/mol. The summed E-state index contributed by atoms with van der Waals surface area (Å²) in [6, 6.07) is 7.20. The van der Waals surface area contributed by atoms with Crippen LogP contribution in [0.4, 0.5) is 14.6 Å². The SMILES string of the molecule is CCN/C1=C(\C=N)Cc2cc(F)nn2-c2ccc(F)cc2[C@@H](C)Oc2cc1cnc2N. The van der Waals surface area contributed by atoms with Crippen molar-refractivity contribution in [2.24, 2.45) is 0 Å². The summed E-state index contributed by atoms with van der Waals surface area (Å²) in [5, 5.41) is 15.2. The molecule has 2 aromatic heterocycles. The average molecular weight is 424 g/mol. The standard InChI is InChI=1S/C22H22F2N6O/c1-3-27-21-13(10-25)6-16-9-20(24)29-30(16)18-5-4-15(23)8-17(18)12(2)31-19-7-14(21)11-28-22(19)26/h4-5,7-12,25,27H,3,6H2,1-2H3,(H2,26,28)/b21-13-,25-10?/t12-/m1/s1. The highest BCUT2D eigenvalue weighted by molar-refractivity contribution is 5.89. The molecular formula is C22H22F2N6O. The van der Waals surface area contributed by atoms with Gasteiger partial charge >= 0.3 is 0 Å². The van der Waals surface area contributed by atoms with Gasteiger partial charge in [0.1, 0.15) is 11.9 Å². The number of benzene rings is 1. The van der Waals surface area contributed by atoms with E-state index in [0.717, 1.165) is 0 Å². The third-order valence-electron chi connectivity index (χ3n) is 5.10. The summed E-state index contributed by atoms with van der Waals surface area (Å²) in [5.74, 6) is -0.615. The molecule has 1 atom stereocenters. The number of halogens is 2. The van der Waals surface area contributed by atoms with Crippen LogP contribution in [0.3, 0.4) is 0 Å². The quantitative estimate of drug-likeness (QED) is 0.555. The number of fused-ring (bicyclic) bond motifs is 5. The van der Waals surface area contributed by atoms with Crippen LogP contribution in [-0.2, 0) is 6.42 Å². The van der Waals surface area contributed by atoms with Crippen LogP contribution in [-0.4, -0.2) is 27.5 Å². The molecule has 1 aromatic carbocycles. The minimum atomic E-state index is -0.672. The van der Waals surface area contributed by atoms with Crippen molar-refractivity contribution in [3.05, 3.63) is 70.7 Å². The van der Waals surface area contributed by atoms with Gasteiger partial charge in [-0.2, -0.15) is 4.39 Å². The summed E-state index contributed by atoms with van der Waals surface area (Å²) in [5.41, 5.74) is 9.42. The van der Waals surface area contributed by atoms with E-state index in [2.05, 4.69) is 15.4 Å². The van der Waals surface area contributed by atoms with Crippen molar-refractivity contribution in [3.63, 3.8) is 0 Å². The van der Waals surface area contributed by atoms with Crippen LogP contribution in [0, 0.1) is 17.2 Å². The fourth-order valence-corrected chi connectivity index (χ4v) is 3.69. The Labute approximate surface area is 178 Å². The molecule has 3 aromatic rings. The molecule has 0 spiro atoms. The summed E-state index contributed by atoms with van der Waals surface area (Å²) in [4.78, 5) is 4.24. The van der Waals surface area contributed by atoms with Gasteiger partial charge in [-0.1, -0.05) is 0 Å². The lowest BCUT2D eigenvalue weighted by molar-refractivity contribution is 0.226. The van der Waals surface area contributed by atoms with E-state index in [9.17, 15) is 8.78 Å². The molecule has 1 aliphatic heterocycles. The maximum Gasteiger partial charge on any atom is 0.233 e. The van der Waals surface area contributed by atoms with Crippen LogP contribution in [0.25, 0.3) is 11.4 Å². The maximum atomic E-state index is 14.2. The second-order valence-electron chi connectivity index (χ2n) is 7.19. The highest BCUT2D eigenvalue weighted by Crippen LogP contribution is 2.33. The van der Waals surface area contributed by atoms with Gasteiger partial charge in [-0.25, -0.2) is 14.1 Å². The van der Waals surface area contributed by atoms with Crippen LogP contribution in [0.2, 0.25) is 0 Å². The number of anilines is 1. The Morgan fingerprint density at radius 3 is 2.87 bits per heavy atom. The summed E-state index contributed by atoms with van der Waals surface area (Å²) < 4.78 is 35.8. The normalized spacial score (nSPS) is 18.1. The number of rotatable bonds is 3. The maximum absolute atomic E-state index is 14.2. The number of pyridine rings is 1. The van der Waals surface area contributed by atoms with Gasteiger partial charge in [-0.3, -0.25) is 0 Å². The van der Waals surface area contributed by atoms with E-state index in [1.165, 1.54) is 35.2 Å². The first-order valence-corrected chi connectivity index (χ1v) is 9.85. The van der Waals surface area contributed by atoms with E-state index in [1.807, 2.05) is 6.92 Å². The van der Waals surface area contributed by atoms with Gasteiger partial charge in [0, 0.05) is 48.3 Å². The molecule has 0 saturated heterocycles. The van der Waals surface area contributed by atoms with Crippen molar-refractivity contribution in [2.75, 3.05) is 12.3 Å². The highest BCUT2D eigenvalue weighted by atomic mass is 19.1. The third kappa shape index (κ3) is 3.86. The van der Waals surface area contributed by atoms with Crippen molar-refractivity contribution in [2.45, 2.75) is 26.4 Å². The molecule has 0 radical (unpaired) electrons. The minimum Gasteiger partial charge on any atom is -0.482 e. The molecule has 0 aliphatic carbocycles. The van der Waals surface area contributed by atoms with Gasteiger partial charge in [-0.15, -0.1) is 5.10 Å². The first kappa shape index (κ1) is 20.5. The molecule has 1 aliphatic rings. The number of hydrogen-bond donors (Lipinski definition) is 3. The van der Waals surface area contributed by atoms with Gasteiger partial charge in [0.05, 0.1) is 11.4 Å². The van der Waals surface area contributed by atoms with E-state index in [-0.39, 0.29) is 12.2 Å². The average Bonchev–Trinajstić information content (AvgIpc) is 3.11. The Balaban J connectivity index is 2.03. The van der Waals surface area contributed by atoms with Gasteiger partial charge in [-0.05, 0) is 43.7 Å². The second-order valence-corrected chi connectivity index (χ2v) is 7.19. The molecule has 4 N–H and O–H groups in total. The predicted molar refractivity (Wildman–Crippen MR) is 114 cm³/mol. The van der Waals surface area contributed by atoms with Crippen molar-refractivity contribution in [1.82, 2.24) is 20.1 Å². The van der Waals surface area contributed by atoms with Crippen LogP contribution < -0.4 is 15.8 Å². The fraction of sp³-hybridized carbons (Fsp3) is 0.227. The van der Waals surface area contributed by atoms with Gasteiger partial charge in [0.15, 0.2) is 11.6 Å². The summed E-state index contributed by atoms with van der Waals surface area (Å²) in [7, 11) is 0. The first-order chi connectivity index (χ1) is 14.9. The van der Waals surface area contributed by atoms with Crippen LogP contribution in [0.1, 0.15) is 36.8 Å². The number of ether oxygens (including phenoxy) is 1. The largest absolute Gasteiger partial charge is 0.482 e. The number of hydrogen-bond acceptors (Lipinski definition) is 6. The van der Waals surface area contributed by atoms with E-state index in [1.54, 1.807) is 19.2 Å². The molecule has 4 rings (SSSR count). The molecule has 2 bridgehead atoms. The minimum absolute atomic E-state index is 0.184. The number of nitrogens with two attached hydrogens (primary N) is 1. The Bertz CT molecular complexity index is 1190. The predicted octanol–water partition coefficient (Wildman–Crippen LogP) is 3.79. The number of allylic oxidation sites excluding steroid dienone is 1. The van der Waals surface area contributed by atoms with Crippen molar-refractivity contribution < 1.29 is 13.5 Å². The number of nitrogens with zero attached hydrogens (tertiary/aromatic N) is 3. The third-order valence-corrected chi connectivity index (χ3v) is 5.10. The van der Waals surface area contributed by atoms with E-state index in [4.69, 9.17) is 15.9 Å². The second kappa shape index (κ2) is 8.17. The van der Waals surface area contributed by atoms with E-state index >= 15 is 0 Å². The molecule has 0 fully saturated rings. The Kier molecular flexibility index (Phi) is 5.41. The van der Waals surface area contributed by atoms with E-state index < -0.39 is 17.9 Å². The molecule has 7 nitrogen and oxygen atoms in total. The van der Waals surface area contributed by atoms with Gasteiger partial charge in [0.25, 0.3) is 0 Å². The lowest BCUT2D eigenvalue weighted by atomic mass is 10.0. The number of aromatic nitrogens is 3. The van der Waals surface area contributed by atoms with Crippen molar-refractivity contribution in [3.8, 4) is 11.4 Å². The smallest absolute Gasteiger partial charge is 0.233 e. The number of nitrogens with one attached hydrogen (secondary N) is 2. The molecule has 0 saturated carbocycles. The lowest BCUT2D eigenvalue weighted by Crippen LogP contribution is -2.18. The van der Waals surface area contributed by atoms with Crippen molar-refractivity contribution in [1.29, 1.82) is 5.41 Å². The zero-order chi connectivity index (χ0) is 22.1. The summed E-state index contributed by atoms with van der Waals surface area (Å²) >= 11 is 0. The first-order valence-electron chi connectivity index (χ1n) is 9.85. The molecule has 0 amide bonds. The molecule has 31 heavy (non-hydrogen) atoms. The summed E-state index contributed by atoms with van der Waals surface area (Å²) in [6.45, 7) is 4.28. The topological polar surface area (TPSA) is 102 Å². The monoisotopic (exact) mass is 424 g/mol. The number of nitrogen functional groups attached to an aromatic ring is 1. The summed E-state index contributed by atoms with van der Waals surface area (Å²) in [6.07, 6.45) is 2.39. The molecule has 0 unspecified atom stereocenters. The van der Waals surface area contributed by atoms with E-state index in [0.29, 0.717) is 46.1 Å². The van der Waals surface area contributed by atoms with Gasteiger partial charge in [0.2, 0.25) is 5.95 Å². The van der Waals surface area contributed by atoms with Gasteiger partial charge < -0.3 is 21.2 Å². The zero-order valence-corrected chi connectivity index (χ0v) is 17.1. The highest BCUT2D eigenvalue weighted by Gasteiger charge is 2.22. The fourth-order valence-electron chi connectivity index (χ4n) is 3.69. The Hall–Kier alpha value is -3.75. The van der Waals surface area contributed by atoms with Crippen LogP contribution >= 0.6 is 0 Å². The molecule has 3 heterocycles. The van der Waals surface area contributed by atoms with Crippen molar-refractivity contribution >= 4 is 17.7 Å². The Morgan fingerprint density at radius 1 is 1.32 bits per heavy atom. The Morgan fingerprint density at radius 2 is 2.13 bits per heavy atom. The van der Waals surface area contributed by atoms with Crippen LogP contribution in [0.5, 0.6) is 5.75 Å². The molecule has 160 valence electrons. The lowest BCUT2D eigenvalue weighted by Gasteiger charge is -2.22.